The first-order valence-corrected chi connectivity index (χ1v) is 7.89. The zero-order valence-corrected chi connectivity index (χ0v) is 13.9. The third-order valence-electron chi connectivity index (χ3n) is 3.42. The van der Waals surface area contributed by atoms with Gasteiger partial charge in [-0.2, -0.15) is 5.10 Å². The summed E-state index contributed by atoms with van der Waals surface area (Å²) >= 11 is 0. The molecular weight excluding hydrogens is 338 g/mol. The van der Waals surface area contributed by atoms with Gasteiger partial charge in [0.1, 0.15) is 12.1 Å². The van der Waals surface area contributed by atoms with E-state index in [1.807, 2.05) is 0 Å². The van der Waals surface area contributed by atoms with Crippen LogP contribution < -0.4 is 16.4 Å². The molecule has 5 N–H and O–H groups in total. The van der Waals surface area contributed by atoms with Gasteiger partial charge < -0.3 is 20.8 Å². The molecule has 3 aromatic heterocycles. The molecule has 0 aliphatic carbocycles. The molecular formula is C16H17N7O3. The number of pyridine rings is 1. The number of aromatic amines is 1. The largest absolute Gasteiger partial charge is 0.444 e. The van der Waals surface area contributed by atoms with Crippen molar-refractivity contribution >= 4 is 23.3 Å². The van der Waals surface area contributed by atoms with Crippen LogP contribution in [0.4, 0.5) is 11.5 Å². The lowest BCUT2D eigenvalue weighted by Crippen LogP contribution is -2.18. The van der Waals surface area contributed by atoms with Crippen LogP contribution in [0, 0.1) is 0 Å². The number of H-pyrrole nitrogens is 1. The second kappa shape index (κ2) is 7.47. The molecule has 0 spiro atoms. The smallest absolute Gasteiger partial charge is 0.277 e. The molecule has 0 aliphatic rings. The number of rotatable bonds is 7. The maximum Gasteiger partial charge on any atom is 0.277 e. The molecule has 10 nitrogen and oxygen atoms in total. The Morgan fingerprint density at radius 1 is 1.38 bits per heavy atom. The minimum absolute atomic E-state index is 0.0523. The number of nitrogens with one attached hydrogen (secondary N) is 3. The average Bonchev–Trinajstić information content (AvgIpc) is 3.29. The van der Waals surface area contributed by atoms with E-state index in [0.717, 1.165) is 13.0 Å². The van der Waals surface area contributed by atoms with Crippen LogP contribution in [0.15, 0.2) is 35.2 Å². The number of nitrogens with zero attached hydrogens (tertiary/aromatic N) is 3. The minimum atomic E-state index is -0.758. The third kappa shape index (κ3) is 3.69. The maximum atomic E-state index is 12.3. The van der Waals surface area contributed by atoms with Gasteiger partial charge in [0.05, 0.1) is 5.69 Å². The summed E-state index contributed by atoms with van der Waals surface area (Å²) in [5.74, 6) is -0.342. The number of nitrogens with two attached hydrogens (primary N) is 1. The summed E-state index contributed by atoms with van der Waals surface area (Å²) in [4.78, 5) is 31.9. The number of hydrogen-bond acceptors (Lipinski definition) is 7. The summed E-state index contributed by atoms with van der Waals surface area (Å²) < 4.78 is 5.39. The van der Waals surface area contributed by atoms with Gasteiger partial charge >= 0.3 is 0 Å². The fraction of sp³-hybridized carbons (Fsp3) is 0.188. The highest BCUT2D eigenvalue weighted by Gasteiger charge is 2.18. The molecule has 2 amide bonds. The number of oxazole rings is 1. The number of primary amides is 1. The molecule has 0 fully saturated rings. The summed E-state index contributed by atoms with van der Waals surface area (Å²) in [5, 5.41) is 11.8. The quantitative estimate of drug-likeness (QED) is 0.502. The monoisotopic (exact) mass is 355 g/mol. The van der Waals surface area contributed by atoms with Crippen LogP contribution in [-0.2, 0) is 0 Å². The second-order valence-electron chi connectivity index (χ2n) is 5.36. The molecule has 3 aromatic rings. The highest BCUT2D eigenvalue weighted by molar-refractivity contribution is 6.07. The van der Waals surface area contributed by atoms with Crippen LogP contribution in [0.3, 0.4) is 0 Å². The topological polar surface area (TPSA) is 152 Å². The lowest BCUT2D eigenvalue weighted by atomic mass is 10.2. The number of carbonyl (C=O) groups excluding carboxylic acids is 2. The van der Waals surface area contributed by atoms with Crippen molar-refractivity contribution in [3.05, 3.63) is 42.2 Å². The second-order valence-corrected chi connectivity index (χ2v) is 5.36. The third-order valence-corrected chi connectivity index (χ3v) is 3.42. The van der Waals surface area contributed by atoms with Crippen molar-refractivity contribution in [3.8, 4) is 11.5 Å². The first kappa shape index (κ1) is 17.1. The minimum Gasteiger partial charge on any atom is -0.444 e. The summed E-state index contributed by atoms with van der Waals surface area (Å²) in [6, 6.07) is 3.51. The first-order valence-electron chi connectivity index (χ1n) is 7.89. The number of amides is 2. The summed E-state index contributed by atoms with van der Waals surface area (Å²) in [6.07, 6.45) is 5.18. The lowest BCUT2D eigenvalue weighted by Gasteiger charge is -2.04. The van der Waals surface area contributed by atoms with Crippen LogP contribution in [0.2, 0.25) is 0 Å². The van der Waals surface area contributed by atoms with Crippen LogP contribution in [0.5, 0.6) is 0 Å². The van der Waals surface area contributed by atoms with Crippen molar-refractivity contribution in [2.45, 2.75) is 13.3 Å². The van der Waals surface area contributed by atoms with Crippen molar-refractivity contribution in [2.24, 2.45) is 5.73 Å². The predicted octanol–water partition coefficient (Wildman–Crippen LogP) is 1.63. The molecule has 3 rings (SSSR count). The Hall–Kier alpha value is -3.69. The molecule has 0 atom stereocenters. The molecule has 0 saturated carbocycles. The molecule has 26 heavy (non-hydrogen) atoms. The standard InChI is InChI=1S/C16H17N7O3/c1-2-4-18-12-6-9(3-5-19-12)16-22-11(8-26-16)15(25)21-10-7-20-23-13(10)14(17)24/h3,5-8H,2,4H2,1H3,(H2,17,24)(H,18,19)(H,20,23)(H,21,25). The van der Waals surface area contributed by atoms with Gasteiger partial charge in [-0.1, -0.05) is 6.92 Å². The fourth-order valence-corrected chi connectivity index (χ4v) is 2.18. The van der Waals surface area contributed by atoms with Crippen molar-refractivity contribution in [2.75, 3.05) is 17.2 Å². The van der Waals surface area contributed by atoms with E-state index in [2.05, 4.69) is 37.7 Å². The van der Waals surface area contributed by atoms with Gasteiger partial charge in [-0.05, 0) is 18.6 Å². The maximum absolute atomic E-state index is 12.3. The Bertz CT molecular complexity index is 931. The Morgan fingerprint density at radius 3 is 3.00 bits per heavy atom. The Kier molecular flexibility index (Phi) is 4.92. The normalized spacial score (nSPS) is 10.5. The van der Waals surface area contributed by atoms with E-state index in [4.69, 9.17) is 10.2 Å². The van der Waals surface area contributed by atoms with Crippen molar-refractivity contribution in [1.82, 2.24) is 20.2 Å². The van der Waals surface area contributed by atoms with Gasteiger partial charge in [-0.25, -0.2) is 9.97 Å². The van der Waals surface area contributed by atoms with Gasteiger partial charge in [0.2, 0.25) is 5.89 Å². The highest BCUT2D eigenvalue weighted by Crippen LogP contribution is 2.21. The van der Waals surface area contributed by atoms with Crippen LogP contribution in [-0.4, -0.2) is 38.5 Å². The molecule has 3 heterocycles. The number of anilines is 2. The summed E-state index contributed by atoms with van der Waals surface area (Å²) in [5.41, 5.74) is 6.02. The van der Waals surface area contributed by atoms with Crippen molar-refractivity contribution in [1.29, 1.82) is 0 Å². The SMILES string of the molecule is CCCNc1cc(-c2nc(C(=O)Nc3c[nH]nc3C(N)=O)co2)ccn1. The van der Waals surface area contributed by atoms with Gasteiger partial charge in [0.25, 0.3) is 11.8 Å². The predicted molar refractivity (Wildman–Crippen MR) is 93.6 cm³/mol. The highest BCUT2D eigenvalue weighted by atomic mass is 16.3. The first-order chi connectivity index (χ1) is 12.6. The molecule has 10 heteroatoms. The van der Waals surface area contributed by atoms with Crippen LogP contribution in [0.1, 0.15) is 34.3 Å². The average molecular weight is 355 g/mol. The van der Waals surface area contributed by atoms with E-state index < -0.39 is 11.8 Å². The Morgan fingerprint density at radius 2 is 2.23 bits per heavy atom. The van der Waals surface area contributed by atoms with Gasteiger partial charge in [-0.15, -0.1) is 0 Å². The van der Waals surface area contributed by atoms with Crippen LogP contribution >= 0.6 is 0 Å². The molecule has 0 unspecified atom stereocenters. The van der Waals surface area contributed by atoms with E-state index in [0.29, 0.717) is 11.4 Å². The Balaban J connectivity index is 1.76. The van der Waals surface area contributed by atoms with E-state index in [-0.39, 0.29) is 23.0 Å². The number of hydrogen-bond donors (Lipinski definition) is 4. The molecule has 0 saturated heterocycles. The zero-order valence-electron chi connectivity index (χ0n) is 13.9. The molecule has 0 radical (unpaired) electrons. The molecule has 0 aromatic carbocycles. The zero-order chi connectivity index (χ0) is 18.5. The summed E-state index contributed by atoms with van der Waals surface area (Å²) in [7, 11) is 0. The Labute approximate surface area is 148 Å². The molecule has 134 valence electrons. The van der Waals surface area contributed by atoms with E-state index in [1.165, 1.54) is 12.5 Å². The van der Waals surface area contributed by atoms with Crippen LogP contribution in [0.25, 0.3) is 11.5 Å². The lowest BCUT2D eigenvalue weighted by molar-refractivity contribution is 0.0996. The van der Waals surface area contributed by atoms with E-state index >= 15 is 0 Å². The van der Waals surface area contributed by atoms with Crippen molar-refractivity contribution in [3.63, 3.8) is 0 Å². The van der Waals surface area contributed by atoms with E-state index in [1.54, 1.807) is 18.3 Å². The van der Waals surface area contributed by atoms with E-state index in [9.17, 15) is 9.59 Å². The van der Waals surface area contributed by atoms with Crippen molar-refractivity contribution < 1.29 is 14.0 Å². The molecule has 0 aliphatic heterocycles. The summed E-state index contributed by atoms with van der Waals surface area (Å²) in [6.45, 7) is 2.85. The van der Waals surface area contributed by atoms with Gasteiger partial charge in [0.15, 0.2) is 11.4 Å². The number of aromatic nitrogens is 4. The fourth-order valence-electron chi connectivity index (χ4n) is 2.18. The van der Waals surface area contributed by atoms with Gasteiger partial charge in [0, 0.05) is 24.5 Å². The molecule has 0 bridgehead atoms. The van der Waals surface area contributed by atoms with Gasteiger partial charge in [-0.3, -0.25) is 14.7 Å². The number of carbonyl (C=O) groups is 2.